The summed E-state index contributed by atoms with van der Waals surface area (Å²) in [5.74, 6) is -14.4. The van der Waals surface area contributed by atoms with Crippen molar-refractivity contribution in [3.63, 3.8) is 0 Å². The SMILES string of the molecule is O=S(=O)(O)C(F)(F)C(F)(F)C(F)(F)C(F)(F)F.Oc1ccc(S)c(-c2ccccc2)c1-c1ccccc1. The summed E-state index contributed by atoms with van der Waals surface area (Å²) in [5, 5.41) is 3.30. The quantitative estimate of drug-likeness (QED) is 0.169. The largest absolute Gasteiger partial charge is 0.507 e. The summed E-state index contributed by atoms with van der Waals surface area (Å²) < 4.78 is 134. The number of rotatable bonds is 5. The summed E-state index contributed by atoms with van der Waals surface area (Å²) in [5.41, 5.74) is 3.82. The van der Waals surface area contributed by atoms with Crippen LogP contribution in [-0.4, -0.2) is 41.4 Å². The van der Waals surface area contributed by atoms with Gasteiger partial charge in [0.2, 0.25) is 0 Å². The van der Waals surface area contributed by atoms with Crippen molar-refractivity contribution >= 4 is 22.7 Å². The molecule has 0 unspecified atom stereocenters. The predicted molar refractivity (Wildman–Crippen MR) is 119 cm³/mol. The molecule has 0 radical (unpaired) electrons. The van der Waals surface area contributed by atoms with Gasteiger partial charge in [0.05, 0.1) is 0 Å². The van der Waals surface area contributed by atoms with E-state index < -0.39 is 33.4 Å². The molecule has 0 spiro atoms. The number of alkyl halides is 9. The van der Waals surface area contributed by atoms with E-state index in [0.717, 1.165) is 27.1 Å². The molecule has 3 aromatic rings. The fraction of sp³-hybridized carbons (Fsp3) is 0.182. The molecule has 0 atom stereocenters. The van der Waals surface area contributed by atoms with E-state index in [1.165, 1.54) is 0 Å². The van der Waals surface area contributed by atoms with Crippen LogP contribution >= 0.6 is 12.6 Å². The fourth-order valence-corrected chi connectivity index (χ4v) is 3.67. The molecule has 3 aromatic carbocycles. The predicted octanol–water partition coefficient (Wildman–Crippen LogP) is 7.31. The van der Waals surface area contributed by atoms with Crippen molar-refractivity contribution in [1.82, 2.24) is 0 Å². The molecule has 0 saturated carbocycles. The number of thiol groups is 1. The Balaban J connectivity index is 0.000000265. The van der Waals surface area contributed by atoms with Crippen LogP contribution in [0.1, 0.15) is 0 Å². The molecule has 0 aromatic heterocycles. The van der Waals surface area contributed by atoms with E-state index in [0.29, 0.717) is 0 Å². The number of hydrogen-bond acceptors (Lipinski definition) is 4. The first-order valence-corrected chi connectivity index (χ1v) is 11.5. The molecule has 4 nitrogen and oxygen atoms in total. The Morgan fingerprint density at radius 1 is 0.622 bits per heavy atom. The molecular weight excluding hydrogens is 563 g/mol. The van der Waals surface area contributed by atoms with E-state index >= 15 is 0 Å². The van der Waals surface area contributed by atoms with Gasteiger partial charge in [0, 0.05) is 16.0 Å². The monoisotopic (exact) mass is 578 g/mol. The van der Waals surface area contributed by atoms with E-state index in [1.807, 2.05) is 66.7 Å². The number of phenols is 1. The zero-order valence-electron chi connectivity index (χ0n) is 17.9. The molecule has 0 aliphatic heterocycles. The average Bonchev–Trinajstić information content (AvgIpc) is 2.80. The first-order chi connectivity index (χ1) is 16.8. The molecule has 0 saturated heterocycles. The maximum atomic E-state index is 12.2. The first-order valence-electron chi connectivity index (χ1n) is 9.60. The minimum absolute atomic E-state index is 0.271. The van der Waals surface area contributed by atoms with Crippen LogP contribution in [0.3, 0.4) is 0 Å². The lowest BCUT2D eigenvalue weighted by atomic mass is 9.93. The van der Waals surface area contributed by atoms with Crippen LogP contribution in [0.4, 0.5) is 39.5 Å². The van der Waals surface area contributed by atoms with Gasteiger partial charge in [-0.2, -0.15) is 47.9 Å². The topological polar surface area (TPSA) is 74.6 Å². The molecule has 0 fully saturated rings. The highest BCUT2D eigenvalue weighted by Gasteiger charge is 2.85. The second-order valence-corrected chi connectivity index (χ2v) is 9.17. The van der Waals surface area contributed by atoms with Crippen LogP contribution in [-0.2, 0) is 10.1 Å². The molecule has 0 aliphatic rings. The standard InChI is InChI=1S/C18H14OS.C4HF9O3S/c19-15-11-12-16(20)18(14-9-5-2-6-10-14)17(15)13-7-3-1-4-8-13;5-1(6,3(9,10)11)2(7,8)4(12,13)17(14,15)16/h1-12,19-20H;(H,14,15,16). The Labute approximate surface area is 209 Å². The normalized spacial score (nSPS) is 13.1. The van der Waals surface area contributed by atoms with Gasteiger partial charge in [0.25, 0.3) is 0 Å². The van der Waals surface area contributed by atoms with Crippen molar-refractivity contribution in [2.24, 2.45) is 0 Å². The Morgan fingerprint density at radius 2 is 1.03 bits per heavy atom. The summed E-state index contributed by atoms with van der Waals surface area (Å²) >= 11 is 4.57. The molecule has 3 rings (SSSR count). The molecule has 0 amide bonds. The lowest BCUT2D eigenvalue weighted by Gasteiger charge is -2.31. The first kappa shape index (κ1) is 30.3. The van der Waals surface area contributed by atoms with Crippen LogP contribution < -0.4 is 0 Å². The van der Waals surface area contributed by atoms with Gasteiger partial charge in [-0.25, -0.2) is 0 Å². The van der Waals surface area contributed by atoms with Crippen LogP contribution in [0.2, 0.25) is 0 Å². The van der Waals surface area contributed by atoms with Gasteiger partial charge in [-0.3, -0.25) is 4.55 Å². The highest BCUT2D eigenvalue weighted by Crippen LogP contribution is 2.54. The second kappa shape index (κ2) is 10.5. The highest BCUT2D eigenvalue weighted by atomic mass is 32.2. The van der Waals surface area contributed by atoms with Crippen molar-refractivity contribution < 1.29 is 57.6 Å². The van der Waals surface area contributed by atoms with Crippen molar-refractivity contribution in [2.75, 3.05) is 0 Å². The summed E-state index contributed by atoms with van der Waals surface area (Å²) in [7, 11) is -7.17. The smallest absolute Gasteiger partial charge is 0.460 e. The molecule has 0 heterocycles. The lowest BCUT2D eigenvalue weighted by Crippen LogP contribution is -2.63. The maximum Gasteiger partial charge on any atom is 0.460 e. The lowest BCUT2D eigenvalue weighted by molar-refractivity contribution is -0.382. The second-order valence-electron chi connectivity index (χ2n) is 7.22. The third kappa shape index (κ3) is 5.83. The van der Waals surface area contributed by atoms with E-state index in [-0.39, 0.29) is 5.75 Å². The Morgan fingerprint density at radius 3 is 1.41 bits per heavy atom. The van der Waals surface area contributed by atoms with Crippen molar-refractivity contribution in [1.29, 1.82) is 0 Å². The summed E-state index contributed by atoms with van der Waals surface area (Å²) in [6.45, 7) is 0. The van der Waals surface area contributed by atoms with Crippen LogP contribution in [0.15, 0.2) is 77.7 Å². The maximum absolute atomic E-state index is 12.2. The number of hydrogen-bond donors (Lipinski definition) is 3. The zero-order valence-corrected chi connectivity index (χ0v) is 19.6. The van der Waals surface area contributed by atoms with Gasteiger partial charge in [0.1, 0.15) is 5.75 Å². The average molecular weight is 578 g/mol. The third-order valence-electron chi connectivity index (χ3n) is 4.73. The van der Waals surface area contributed by atoms with E-state index in [2.05, 4.69) is 12.6 Å². The van der Waals surface area contributed by atoms with Gasteiger partial charge >= 0.3 is 33.4 Å². The van der Waals surface area contributed by atoms with Crippen molar-refractivity contribution in [3.8, 4) is 28.0 Å². The van der Waals surface area contributed by atoms with Crippen LogP contribution in [0, 0.1) is 0 Å². The number of phenolic OH excluding ortho intramolecular Hbond substituents is 1. The zero-order chi connectivity index (χ0) is 28.4. The highest BCUT2D eigenvalue weighted by molar-refractivity contribution is 7.87. The molecule has 37 heavy (non-hydrogen) atoms. The van der Waals surface area contributed by atoms with Crippen molar-refractivity contribution in [3.05, 3.63) is 72.8 Å². The molecule has 2 N–H and O–H groups in total. The van der Waals surface area contributed by atoms with Crippen molar-refractivity contribution in [2.45, 2.75) is 28.2 Å². The number of benzene rings is 3. The van der Waals surface area contributed by atoms with Gasteiger partial charge in [-0.05, 0) is 23.3 Å². The van der Waals surface area contributed by atoms with Gasteiger partial charge in [-0.15, -0.1) is 12.6 Å². The molecular formula is C22H15F9O4S2. The number of halogens is 9. The Hall–Kier alpha value is -2.91. The van der Waals surface area contributed by atoms with Gasteiger partial charge in [-0.1, -0.05) is 60.7 Å². The molecule has 0 aliphatic carbocycles. The molecule has 15 heteroatoms. The minimum atomic E-state index is -7.37. The van der Waals surface area contributed by atoms with E-state index in [4.69, 9.17) is 4.55 Å². The van der Waals surface area contributed by atoms with Crippen LogP contribution in [0.25, 0.3) is 22.3 Å². The van der Waals surface area contributed by atoms with Crippen LogP contribution in [0.5, 0.6) is 5.75 Å². The van der Waals surface area contributed by atoms with Gasteiger partial charge in [0.15, 0.2) is 0 Å². The Bertz CT molecular complexity index is 1270. The third-order valence-corrected chi connectivity index (χ3v) is 6.00. The summed E-state index contributed by atoms with van der Waals surface area (Å²) in [6, 6.07) is 23.4. The molecule has 202 valence electrons. The minimum Gasteiger partial charge on any atom is -0.507 e. The Kier molecular flexibility index (Phi) is 8.57. The fourth-order valence-electron chi connectivity index (χ4n) is 2.90. The van der Waals surface area contributed by atoms with E-state index in [1.54, 1.807) is 6.07 Å². The molecule has 0 bridgehead atoms. The summed E-state index contributed by atoms with van der Waals surface area (Å²) in [6.07, 6.45) is -7.13. The van der Waals surface area contributed by atoms with E-state index in [9.17, 15) is 53.0 Å². The van der Waals surface area contributed by atoms with Gasteiger partial charge < -0.3 is 5.11 Å². The number of aromatic hydroxyl groups is 1. The summed E-state index contributed by atoms with van der Waals surface area (Å²) in [4.78, 5) is 0.854.